The Labute approximate surface area is 156 Å². The largest absolute Gasteiger partial charge is 0.361 e. The minimum atomic E-state index is -0.700. The second kappa shape index (κ2) is 6.45. The second-order valence-corrected chi connectivity index (χ2v) is 7.26. The summed E-state index contributed by atoms with van der Waals surface area (Å²) >= 11 is 0. The van der Waals surface area contributed by atoms with Crippen LogP contribution in [0.15, 0.2) is 36.8 Å². The predicted molar refractivity (Wildman–Crippen MR) is 95.8 cm³/mol. The topological polar surface area (TPSA) is 67.7 Å². The number of hydrogen-bond donors (Lipinski definition) is 0. The molecular formula is C19H21FN4O3. The van der Waals surface area contributed by atoms with Gasteiger partial charge in [-0.25, -0.2) is 9.37 Å². The number of benzene rings is 1. The molecule has 0 aliphatic carbocycles. The average molecular weight is 372 g/mol. The zero-order chi connectivity index (χ0) is 19.2. The van der Waals surface area contributed by atoms with E-state index < -0.39 is 5.60 Å². The fraction of sp³-hybridized carbons (Fsp3) is 0.421. The van der Waals surface area contributed by atoms with E-state index in [-0.39, 0.29) is 30.3 Å². The van der Waals surface area contributed by atoms with Gasteiger partial charge in [-0.1, -0.05) is 0 Å². The van der Waals surface area contributed by atoms with Crippen LogP contribution in [-0.2, 0) is 16.6 Å². The van der Waals surface area contributed by atoms with Crippen LogP contribution in [0.5, 0.6) is 0 Å². The second-order valence-electron chi connectivity index (χ2n) is 7.26. The van der Waals surface area contributed by atoms with E-state index >= 15 is 0 Å². The van der Waals surface area contributed by atoms with Crippen LogP contribution >= 0.6 is 0 Å². The molecule has 142 valence electrons. The van der Waals surface area contributed by atoms with Crippen molar-refractivity contribution in [1.82, 2.24) is 14.5 Å². The number of ether oxygens (including phenoxy) is 1. The Morgan fingerprint density at radius 3 is 2.74 bits per heavy atom. The third-order valence-electron chi connectivity index (χ3n) is 5.42. The first-order valence-corrected chi connectivity index (χ1v) is 8.86. The van der Waals surface area contributed by atoms with Gasteiger partial charge in [-0.15, -0.1) is 0 Å². The summed E-state index contributed by atoms with van der Waals surface area (Å²) in [5, 5.41) is 0. The van der Waals surface area contributed by atoms with Gasteiger partial charge in [0.25, 0.3) is 11.8 Å². The molecule has 0 spiro atoms. The molecular weight excluding hydrogens is 351 g/mol. The maximum Gasteiger partial charge on any atom is 0.272 e. The van der Waals surface area contributed by atoms with Crippen molar-refractivity contribution in [2.45, 2.75) is 25.0 Å². The van der Waals surface area contributed by atoms with Crippen LogP contribution in [0.4, 0.5) is 10.1 Å². The number of aryl methyl sites for hydroxylation is 1. The number of carbonyl (C=O) groups excluding carboxylic acids is 2. The number of halogens is 1. The standard InChI is InChI=1S/C19H21FN4O3/c1-19-11-23(18(26)15-9-21-12-22(15)2)8-7-16(19)24(17(25)10-27-19)14-5-3-13(20)4-6-14/h3-6,9,12,16H,7-8,10-11H2,1-2H3/t16-,19-/m1/s1. The normalized spacial score (nSPS) is 25.4. The minimum absolute atomic E-state index is 0.0713. The Kier molecular flexibility index (Phi) is 4.22. The van der Waals surface area contributed by atoms with E-state index in [9.17, 15) is 14.0 Å². The molecule has 8 heteroatoms. The average Bonchev–Trinajstić information content (AvgIpc) is 3.08. The van der Waals surface area contributed by atoms with Gasteiger partial charge in [0, 0.05) is 19.3 Å². The number of aromatic nitrogens is 2. The van der Waals surface area contributed by atoms with Crippen LogP contribution in [0.2, 0.25) is 0 Å². The SMILES string of the molecule is Cn1cncc1C(=O)N1CC[C@H]2N(c3ccc(F)cc3)C(=O)CO[C@]2(C)C1. The van der Waals surface area contributed by atoms with Crippen molar-refractivity contribution in [3.05, 3.63) is 48.3 Å². The van der Waals surface area contributed by atoms with Gasteiger partial charge < -0.3 is 19.1 Å². The molecule has 0 unspecified atom stereocenters. The molecule has 3 heterocycles. The summed E-state index contributed by atoms with van der Waals surface area (Å²) in [7, 11) is 1.78. The molecule has 27 heavy (non-hydrogen) atoms. The van der Waals surface area contributed by atoms with E-state index in [4.69, 9.17) is 4.74 Å². The Hall–Kier alpha value is -2.74. The Bertz CT molecular complexity index is 881. The zero-order valence-electron chi connectivity index (χ0n) is 15.3. The number of piperidine rings is 1. The number of imidazole rings is 1. The Balaban J connectivity index is 1.60. The minimum Gasteiger partial charge on any atom is -0.361 e. The van der Waals surface area contributed by atoms with Crippen molar-refractivity contribution in [2.75, 3.05) is 24.6 Å². The Morgan fingerprint density at radius 1 is 1.33 bits per heavy atom. The summed E-state index contributed by atoms with van der Waals surface area (Å²) in [6.45, 7) is 2.71. The van der Waals surface area contributed by atoms with Gasteiger partial charge >= 0.3 is 0 Å². The fourth-order valence-corrected chi connectivity index (χ4v) is 3.99. The van der Waals surface area contributed by atoms with Gasteiger partial charge in [0.15, 0.2) is 0 Å². The maximum absolute atomic E-state index is 13.3. The molecule has 7 nitrogen and oxygen atoms in total. The summed E-state index contributed by atoms with van der Waals surface area (Å²) in [6.07, 6.45) is 3.71. The molecule has 4 rings (SSSR count). The van der Waals surface area contributed by atoms with Gasteiger partial charge in [-0.3, -0.25) is 9.59 Å². The number of nitrogens with zero attached hydrogens (tertiary/aromatic N) is 4. The molecule has 2 atom stereocenters. The lowest BCUT2D eigenvalue weighted by atomic mass is 9.85. The van der Waals surface area contributed by atoms with Crippen LogP contribution in [0, 0.1) is 5.82 Å². The van der Waals surface area contributed by atoms with E-state index in [1.54, 1.807) is 46.1 Å². The van der Waals surface area contributed by atoms with Gasteiger partial charge in [0.1, 0.15) is 23.7 Å². The lowest BCUT2D eigenvalue weighted by Gasteiger charge is -2.52. The quantitative estimate of drug-likeness (QED) is 0.803. The lowest BCUT2D eigenvalue weighted by Crippen LogP contribution is -2.68. The van der Waals surface area contributed by atoms with E-state index in [2.05, 4.69) is 4.98 Å². The van der Waals surface area contributed by atoms with E-state index in [1.807, 2.05) is 6.92 Å². The van der Waals surface area contributed by atoms with Crippen LogP contribution in [-0.4, -0.2) is 57.6 Å². The number of anilines is 1. The first kappa shape index (κ1) is 17.7. The van der Waals surface area contributed by atoms with Crippen molar-refractivity contribution >= 4 is 17.5 Å². The van der Waals surface area contributed by atoms with Gasteiger partial charge in [-0.05, 0) is 37.6 Å². The predicted octanol–water partition coefficient (Wildman–Crippen LogP) is 1.60. The third-order valence-corrected chi connectivity index (χ3v) is 5.42. The van der Waals surface area contributed by atoms with Crippen molar-refractivity contribution in [1.29, 1.82) is 0 Å². The number of fused-ring (bicyclic) bond motifs is 1. The molecule has 1 aromatic carbocycles. The van der Waals surface area contributed by atoms with Crippen molar-refractivity contribution in [3.8, 4) is 0 Å². The van der Waals surface area contributed by atoms with Crippen LogP contribution in [0.3, 0.4) is 0 Å². The maximum atomic E-state index is 13.3. The zero-order valence-corrected chi connectivity index (χ0v) is 15.3. The lowest BCUT2D eigenvalue weighted by molar-refractivity contribution is -0.149. The number of amides is 2. The number of rotatable bonds is 2. The fourth-order valence-electron chi connectivity index (χ4n) is 3.99. The van der Waals surface area contributed by atoms with E-state index in [1.165, 1.54) is 12.1 Å². The number of likely N-dealkylation sites (tertiary alicyclic amines) is 1. The smallest absolute Gasteiger partial charge is 0.272 e. The summed E-state index contributed by atoms with van der Waals surface area (Å²) in [4.78, 5) is 32.8. The van der Waals surface area contributed by atoms with Crippen molar-refractivity contribution < 1.29 is 18.7 Å². The third kappa shape index (κ3) is 2.99. The van der Waals surface area contributed by atoms with Gasteiger partial charge in [0.05, 0.1) is 25.1 Å². The van der Waals surface area contributed by atoms with Gasteiger partial charge in [-0.2, -0.15) is 0 Å². The Morgan fingerprint density at radius 2 is 2.07 bits per heavy atom. The highest BCUT2D eigenvalue weighted by atomic mass is 19.1. The monoisotopic (exact) mass is 372 g/mol. The van der Waals surface area contributed by atoms with Crippen molar-refractivity contribution in [2.24, 2.45) is 7.05 Å². The first-order valence-electron chi connectivity index (χ1n) is 8.86. The van der Waals surface area contributed by atoms with E-state index in [0.29, 0.717) is 30.9 Å². The molecule has 2 amide bonds. The summed E-state index contributed by atoms with van der Waals surface area (Å²) < 4.78 is 20.9. The summed E-state index contributed by atoms with van der Waals surface area (Å²) in [5.74, 6) is -0.613. The number of morpholine rings is 1. The first-order chi connectivity index (χ1) is 12.9. The molecule has 0 N–H and O–H groups in total. The molecule has 0 saturated carbocycles. The summed E-state index contributed by atoms with van der Waals surface area (Å²) in [5.41, 5.74) is 0.459. The number of carbonyl (C=O) groups is 2. The molecule has 1 aromatic heterocycles. The van der Waals surface area contributed by atoms with Gasteiger partial charge in [0.2, 0.25) is 0 Å². The summed E-state index contributed by atoms with van der Waals surface area (Å²) in [6, 6.07) is 5.67. The molecule has 2 aliphatic rings. The molecule has 2 aliphatic heterocycles. The highest BCUT2D eigenvalue weighted by Gasteiger charge is 2.50. The van der Waals surface area contributed by atoms with Crippen LogP contribution in [0.25, 0.3) is 0 Å². The highest BCUT2D eigenvalue weighted by molar-refractivity contribution is 5.96. The van der Waals surface area contributed by atoms with E-state index in [0.717, 1.165) is 0 Å². The van der Waals surface area contributed by atoms with Crippen molar-refractivity contribution in [3.63, 3.8) is 0 Å². The molecule has 2 fully saturated rings. The highest BCUT2D eigenvalue weighted by Crippen LogP contribution is 2.36. The number of hydrogen-bond acceptors (Lipinski definition) is 4. The molecule has 0 bridgehead atoms. The molecule has 2 saturated heterocycles. The van der Waals surface area contributed by atoms with Crippen LogP contribution in [0.1, 0.15) is 23.8 Å². The molecule has 2 aromatic rings. The van der Waals surface area contributed by atoms with Crippen LogP contribution < -0.4 is 4.90 Å². The molecule has 0 radical (unpaired) electrons.